The van der Waals surface area contributed by atoms with E-state index < -0.39 is 0 Å². The Morgan fingerprint density at radius 3 is 2.50 bits per heavy atom. The lowest BCUT2D eigenvalue weighted by Crippen LogP contribution is -2.08. The molecule has 2 fully saturated rings. The van der Waals surface area contributed by atoms with Gasteiger partial charge in [-0.2, -0.15) is 0 Å². The molecule has 2 N–H and O–H groups in total. The van der Waals surface area contributed by atoms with Crippen molar-refractivity contribution in [2.75, 3.05) is 5.73 Å². The Morgan fingerprint density at radius 2 is 2.08 bits per heavy atom. The van der Waals surface area contributed by atoms with E-state index in [1.165, 1.54) is 30.7 Å². The lowest BCUT2D eigenvalue weighted by Gasteiger charge is -2.07. The minimum absolute atomic E-state index is 0.440. The van der Waals surface area contributed by atoms with Gasteiger partial charge in [-0.15, -0.1) is 10.2 Å². The second kappa shape index (κ2) is 1.99. The summed E-state index contributed by atoms with van der Waals surface area (Å²) in [7, 11) is 0. The topological polar surface area (TPSA) is 51.8 Å². The molecule has 1 heterocycles. The van der Waals surface area contributed by atoms with Crippen molar-refractivity contribution in [1.29, 1.82) is 0 Å². The molecule has 3 rings (SSSR count). The Kier molecular flexibility index (Phi) is 1.13. The van der Waals surface area contributed by atoms with Crippen LogP contribution in [0.5, 0.6) is 0 Å². The molecule has 0 unspecified atom stereocenters. The highest BCUT2D eigenvalue weighted by molar-refractivity contribution is 7.15. The number of hydrogen-bond acceptors (Lipinski definition) is 4. The molecule has 0 bridgehead atoms. The van der Waals surface area contributed by atoms with Gasteiger partial charge in [0.25, 0.3) is 0 Å². The molecule has 0 aromatic carbocycles. The third-order valence-corrected chi connectivity index (χ3v) is 3.99. The van der Waals surface area contributed by atoms with E-state index in [1.54, 1.807) is 11.3 Å². The van der Waals surface area contributed by atoms with Gasteiger partial charge in [0.05, 0.1) is 0 Å². The van der Waals surface area contributed by atoms with Gasteiger partial charge in [-0.3, -0.25) is 0 Å². The Morgan fingerprint density at radius 1 is 1.33 bits per heavy atom. The minimum atomic E-state index is 0.440. The zero-order chi connectivity index (χ0) is 8.18. The Labute approximate surface area is 75.0 Å². The summed E-state index contributed by atoms with van der Waals surface area (Å²) in [6.45, 7) is 0. The maximum Gasteiger partial charge on any atom is 0.203 e. The molecule has 4 heteroatoms. The van der Waals surface area contributed by atoms with Crippen LogP contribution in [0.2, 0.25) is 0 Å². The number of nitrogens with zero attached hydrogens (tertiary/aromatic N) is 2. The van der Waals surface area contributed by atoms with Gasteiger partial charge in [0.1, 0.15) is 5.01 Å². The van der Waals surface area contributed by atoms with Crippen LogP contribution in [-0.4, -0.2) is 10.2 Å². The van der Waals surface area contributed by atoms with Crippen molar-refractivity contribution < 1.29 is 0 Å². The number of aromatic nitrogens is 2. The lowest BCUT2D eigenvalue weighted by atomic mass is 10.0. The highest BCUT2D eigenvalue weighted by Crippen LogP contribution is 2.62. The van der Waals surface area contributed by atoms with Crippen LogP contribution in [0.25, 0.3) is 0 Å². The summed E-state index contributed by atoms with van der Waals surface area (Å²) in [6.07, 6.45) is 5.40. The van der Waals surface area contributed by atoms with Crippen LogP contribution < -0.4 is 5.73 Å². The van der Waals surface area contributed by atoms with Crippen LogP contribution in [0.15, 0.2) is 0 Å². The van der Waals surface area contributed by atoms with Crippen molar-refractivity contribution in [2.24, 2.45) is 5.92 Å². The van der Waals surface area contributed by atoms with Crippen molar-refractivity contribution >= 4 is 16.5 Å². The van der Waals surface area contributed by atoms with Gasteiger partial charge in [0.15, 0.2) is 0 Å². The van der Waals surface area contributed by atoms with Crippen LogP contribution in [0.3, 0.4) is 0 Å². The summed E-state index contributed by atoms with van der Waals surface area (Å²) in [6, 6.07) is 0. The fraction of sp³-hybridized carbons (Fsp3) is 0.750. The van der Waals surface area contributed by atoms with Crippen molar-refractivity contribution in [3.05, 3.63) is 5.01 Å². The quantitative estimate of drug-likeness (QED) is 0.753. The van der Waals surface area contributed by atoms with Crippen LogP contribution >= 0.6 is 11.3 Å². The number of hydrogen-bond donors (Lipinski definition) is 1. The van der Waals surface area contributed by atoms with Gasteiger partial charge in [-0.05, 0) is 31.6 Å². The summed E-state index contributed by atoms with van der Waals surface area (Å²) >= 11 is 1.58. The molecule has 3 nitrogen and oxygen atoms in total. The summed E-state index contributed by atoms with van der Waals surface area (Å²) in [4.78, 5) is 0. The van der Waals surface area contributed by atoms with Crippen molar-refractivity contribution in [3.63, 3.8) is 0 Å². The molecular weight excluding hydrogens is 170 g/mol. The molecule has 64 valence electrons. The number of rotatable bonds is 2. The molecular formula is C8H11N3S. The van der Waals surface area contributed by atoms with E-state index in [0.717, 1.165) is 5.92 Å². The summed E-state index contributed by atoms with van der Waals surface area (Å²) in [5.74, 6) is 0.907. The van der Waals surface area contributed by atoms with E-state index in [-0.39, 0.29) is 0 Å². The van der Waals surface area contributed by atoms with Crippen LogP contribution in [-0.2, 0) is 5.41 Å². The van der Waals surface area contributed by atoms with Crippen LogP contribution in [0.1, 0.15) is 30.7 Å². The van der Waals surface area contributed by atoms with E-state index in [4.69, 9.17) is 5.73 Å². The summed E-state index contributed by atoms with van der Waals surface area (Å²) in [5.41, 5.74) is 6.01. The lowest BCUT2D eigenvalue weighted by molar-refractivity contribution is 0.586. The third kappa shape index (κ3) is 0.813. The largest absolute Gasteiger partial charge is 0.374 e. The molecule has 2 aliphatic rings. The standard InChI is InChI=1S/C8H11N3S/c9-7-11-10-6(12-7)8(3-4-8)5-1-2-5/h5H,1-4H2,(H2,9,11). The van der Waals surface area contributed by atoms with Gasteiger partial charge in [-0.25, -0.2) is 0 Å². The van der Waals surface area contributed by atoms with E-state index in [0.29, 0.717) is 10.5 Å². The van der Waals surface area contributed by atoms with E-state index in [1.807, 2.05) is 0 Å². The zero-order valence-corrected chi connectivity index (χ0v) is 7.60. The minimum Gasteiger partial charge on any atom is -0.374 e. The number of anilines is 1. The third-order valence-electron chi connectivity index (χ3n) is 3.01. The molecule has 0 aliphatic heterocycles. The predicted octanol–water partition coefficient (Wildman–Crippen LogP) is 1.56. The van der Waals surface area contributed by atoms with Crippen molar-refractivity contribution in [1.82, 2.24) is 10.2 Å². The van der Waals surface area contributed by atoms with Gasteiger partial charge in [0, 0.05) is 5.41 Å². The molecule has 0 radical (unpaired) electrons. The van der Waals surface area contributed by atoms with Gasteiger partial charge in [0.2, 0.25) is 5.13 Å². The maximum atomic E-state index is 5.57. The second-order valence-electron chi connectivity index (χ2n) is 3.88. The highest BCUT2D eigenvalue weighted by atomic mass is 32.1. The van der Waals surface area contributed by atoms with E-state index in [9.17, 15) is 0 Å². The first-order valence-electron chi connectivity index (χ1n) is 4.41. The molecule has 1 aromatic heterocycles. The van der Waals surface area contributed by atoms with E-state index in [2.05, 4.69) is 10.2 Å². The fourth-order valence-electron chi connectivity index (χ4n) is 2.00. The smallest absolute Gasteiger partial charge is 0.203 e. The molecule has 12 heavy (non-hydrogen) atoms. The molecule has 0 spiro atoms. The average molecular weight is 181 g/mol. The van der Waals surface area contributed by atoms with Gasteiger partial charge < -0.3 is 5.73 Å². The van der Waals surface area contributed by atoms with Crippen molar-refractivity contribution in [2.45, 2.75) is 31.1 Å². The zero-order valence-electron chi connectivity index (χ0n) is 6.79. The normalized spacial score (nSPS) is 25.7. The highest BCUT2D eigenvalue weighted by Gasteiger charge is 2.57. The Bertz CT molecular complexity index is 312. The first-order valence-corrected chi connectivity index (χ1v) is 5.22. The Hall–Kier alpha value is -0.640. The Balaban J connectivity index is 1.96. The summed E-state index contributed by atoms with van der Waals surface area (Å²) < 4.78 is 0. The molecule has 0 saturated heterocycles. The van der Waals surface area contributed by atoms with Crippen molar-refractivity contribution in [3.8, 4) is 0 Å². The van der Waals surface area contributed by atoms with Crippen LogP contribution in [0, 0.1) is 5.92 Å². The maximum absolute atomic E-state index is 5.57. The first-order chi connectivity index (χ1) is 5.81. The number of nitrogen functional groups attached to an aromatic ring is 1. The monoisotopic (exact) mass is 181 g/mol. The van der Waals surface area contributed by atoms with Crippen LogP contribution in [0.4, 0.5) is 5.13 Å². The summed E-state index contributed by atoms with van der Waals surface area (Å²) in [5, 5.41) is 9.85. The fourth-order valence-corrected chi connectivity index (χ4v) is 2.94. The molecule has 2 saturated carbocycles. The molecule has 0 amide bonds. The average Bonchev–Trinajstić information content (AvgIpc) is 2.92. The molecule has 0 atom stereocenters. The first kappa shape index (κ1) is 6.83. The second-order valence-corrected chi connectivity index (χ2v) is 4.88. The van der Waals surface area contributed by atoms with Gasteiger partial charge in [-0.1, -0.05) is 11.3 Å². The molecule has 1 aromatic rings. The van der Waals surface area contributed by atoms with E-state index >= 15 is 0 Å². The molecule has 2 aliphatic carbocycles. The predicted molar refractivity (Wildman–Crippen MR) is 48.0 cm³/mol. The van der Waals surface area contributed by atoms with Gasteiger partial charge >= 0.3 is 0 Å². The number of nitrogens with two attached hydrogens (primary N) is 1. The SMILES string of the molecule is Nc1nnc(C2(C3CC3)CC2)s1.